The maximum absolute atomic E-state index is 12.0. The molecule has 0 aliphatic rings. The molecule has 1 atom stereocenters. The van der Waals surface area contributed by atoms with Gasteiger partial charge in [0.2, 0.25) is 0 Å². The largest absolute Gasteiger partial charge is 0.493 e. The zero-order valence-corrected chi connectivity index (χ0v) is 13.8. The fourth-order valence-corrected chi connectivity index (χ4v) is 3.66. The predicted octanol–water partition coefficient (Wildman–Crippen LogP) is 2.31. The summed E-state index contributed by atoms with van der Waals surface area (Å²) in [6.45, 7) is 2.04. The van der Waals surface area contributed by atoms with Crippen LogP contribution in [-0.4, -0.2) is 34.1 Å². The van der Waals surface area contributed by atoms with E-state index in [2.05, 4.69) is 0 Å². The molecule has 21 heavy (non-hydrogen) atoms. The molecule has 0 saturated carbocycles. The second kappa shape index (κ2) is 8.24. The molecule has 1 aromatic carbocycles. The number of rotatable bonds is 9. The van der Waals surface area contributed by atoms with E-state index in [1.54, 1.807) is 25.3 Å². The van der Waals surface area contributed by atoms with Crippen molar-refractivity contribution in [3.8, 4) is 11.5 Å². The van der Waals surface area contributed by atoms with Gasteiger partial charge in [-0.05, 0) is 24.1 Å². The van der Waals surface area contributed by atoms with Gasteiger partial charge in [0.15, 0.2) is 21.3 Å². The summed E-state index contributed by atoms with van der Waals surface area (Å²) in [4.78, 5) is 0. The van der Waals surface area contributed by atoms with Crippen LogP contribution >= 0.6 is 0 Å². The monoisotopic (exact) mass is 315 g/mol. The Kier molecular flexibility index (Phi) is 6.98. The van der Waals surface area contributed by atoms with Crippen molar-refractivity contribution in [2.75, 3.05) is 25.7 Å². The smallest absolute Gasteiger partial charge is 0.161 e. The molecule has 1 rings (SSSR count). The van der Waals surface area contributed by atoms with E-state index in [0.29, 0.717) is 17.9 Å². The van der Waals surface area contributed by atoms with Gasteiger partial charge in [-0.2, -0.15) is 0 Å². The SMILES string of the molecule is CCCCCS(=O)(=O)CC(N)c1ccc(OC)c(OC)c1. The van der Waals surface area contributed by atoms with Crippen molar-refractivity contribution in [1.29, 1.82) is 0 Å². The third kappa shape index (κ3) is 5.55. The fourth-order valence-electron chi connectivity index (χ4n) is 2.11. The molecule has 1 unspecified atom stereocenters. The second-order valence-corrected chi connectivity index (χ2v) is 7.27. The molecule has 0 aliphatic heterocycles. The van der Waals surface area contributed by atoms with Gasteiger partial charge >= 0.3 is 0 Å². The van der Waals surface area contributed by atoms with Gasteiger partial charge in [0.1, 0.15) is 0 Å². The molecule has 0 spiro atoms. The van der Waals surface area contributed by atoms with Crippen molar-refractivity contribution in [2.24, 2.45) is 5.73 Å². The van der Waals surface area contributed by atoms with Crippen LogP contribution in [0.3, 0.4) is 0 Å². The van der Waals surface area contributed by atoms with Crippen molar-refractivity contribution in [2.45, 2.75) is 32.2 Å². The van der Waals surface area contributed by atoms with Crippen molar-refractivity contribution >= 4 is 9.84 Å². The van der Waals surface area contributed by atoms with Crippen LogP contribution in [0.4, 0.5) is 0 Å². The molecular formula is C15H25NO4S. The molecule has 0 bridgehead atoms. The Hall–Kier alpha value is -1.27. The molecule has 6 heteroatoms. The number of unbranched alkanes of at least 4 members (excludes halogenated alkanes) is 2. The highest BCUT2D eigenvalue weighted by Crippen LogP contribution is 2.29. The van der Waals surface area contributed by atoms with Gasteiger partial charge in [-0.15, -0.1) is 0 Å². The summed E-state index contributed by atoms with van der Waals surface area (Å²) in [6.07, 6.45) is 2.61. The number of ether oxygens (including phenoxy) is 2. The lowest BCUT2D eigenvalue weighted by atomic mass is 10.1. The summed E-state index contributed by atoms with van der Waals surface area (Å²) in [5, 5.41) is 0. The molecule has 120 valence electrons. The van der Waals surface area contributed by atoms with E-state index in [1.165, 1.54) is 7.11 Å². The van der Waals surface area contributed by atoms with Gasteiger partial charge < -0.3 is 15.2 Å². The average Bonchev–Trinajstić information content (AvgIpc) is 2.46. The van der Waals surface area contributed by atoms with E-state index in [1.807, 2.05) is 6.92 Å². The highest BCUT2D eigenvalue weighted by molar-refractivity contribution is 7.91. The Labute approximate surface area is 127 Å². The highest BCUT2D eigenvalue weighted by atomic mass is 32.2. The third-order valence-corrected chi connectivity index (χ3v) is 5.11. The maximum Gasteiger partial charge on any atom is 0.161 e. The number of sulfone groups is 1. The standard InChI is InChI=1S/C15H25NO4S/c1-4-5-6-9-21(17,18)11-13(16)12-7-8-14(19-2)15(10-12)20-3/h7-8,10,13H,4-6,9,11,16H2,1-3H3. The lowest BCUT2D eigenvalue weighted by Crippen LogP contribution is -2.23. The van der Waals surface area contributed by atoms with Gasteiger partial charge in [-0.25, -0.2) is 8.42 Å². The average molecular weight is 315 g/mol. The maximum atomic E-state index is 12.0. The summed E-state index contributed by atoms with van der Waals surface area (Å²) >= 11 is 0. The fraction of sp³-hybridized carbons (Fsp3) is 0.600. The Morgan fingerprint density at radius 1 is 1.14 bits per heavy atom. The van der Waals surface area contributed by atoms with E-state index < -0.39 is 15.9 Å². The van der Waals surface area contributed by atoms with Crippen LogP contribution in [-0.2, 0) is 9.84 Å². The van der Waals surface area contributed by atoms with E-state index in [-0.39, 0.29) is 11.5 Å². The van der Waals surface area contributed by atoms with E-state index in [4.69, 9.17) is 15.2 Å². The summed E-state index contributed by atoms with van der Waals surface area (Å²) in [6, 6.07) is 4.67. The van der Waals surface area contributed by atoms with Crippen LogP contribution in [0.25, 0.3) is 0 Å². The topological polar surface area (TPSA) is 78.6 Å². The van der Waals surface area contributed by atoms with Crippen molar-refractivity contribution < 1.29 is 17.9 Å². The van der Waals surface area contributed by atoms with Crippen molar-refractivity contribution in [3.63, 3.8) is 0 Å². The number of hydrogen-bond acceptors (Lipinski definition) is 5. The first-order valence-corrected chi connectivity index (χ1v) is 8.93. The van der Waals surface area contributed by atoms with E-state index >= 15 is 0 Å². The van der Waals surface area contributed by atoms with Crippen LogP contribution in [0.2, 0.25) is 0 Å². The highest BCUT2D eigenvalue weighted by Gasteiger charge is 2.18. The minimum atomic E-state index is -3.13. The Morgan fingerprint density at radius 2 is 1.81 bits per heavy atom. The molecule has 0 aromatic heterocycles. The quantitative estimate of drug-likeness (QED) is 0.707. The Balaban J connectivity index is 2.77. The number of benzene rings is 1. The number of hydrogen-bond donors (Lipinski definition) is 1. The zero-order chi connectivity index (χ0) is 15.9. The molecule has 0 amide bonds. The molecule has 2 N–H and O–H groups in total. The zero-order valence-electron chi connectivity index (χ0n) is 13.0. The van der Waals surface area contributed by atoms with Crippen molar-refractivity contribution in [3.05, 3.63) is 23.8 Å². The van der Waals surface area contributed by atoms with Crippen LogP contribution < -0.4 is 15.2 Å². The lowest BCUT2D eigenvalue weighted by Gasteiger charge is -2.15. The van der Waals surface area contributed by atoms with Crippen LogP contribution in [0.1, 0.15) is 37.8 Å². The van der Waals surface area contributed by atoms with Gasteiger partial charge in [-0.1, -0.05) is 25.8 Å². The first kappa shape index (κ1) is 17.8. The van der Waals surface area contributed by atoms with E-state index in [9.17, 15) is 8.42 Å². The lowest BCUT2D eigenvalue weighted by molar-refractivity contribution is 0.354. The van der Waals surface area contributed by atoms with Crippen LogP contribution in [0.5, 0.6) is 11.5 Å². The van der Waals surface area contributed by atoms with Crippen LogP contribution in [0, 0.1) is 0 Å². The number of nitrogens with two attached hydrogens (primary N) is 1. The molecule has 5 nitrogen and oxygen atoms in total. The minimum absolute atomic E-state index is 0.0494. The van der Waals surface area contributed by atoms with Gasteiger partial charge in [0.25, 0.3) is 0 Å². The van der Waals surface area contributed by atoms with Crippen molar-refractivity contribution in [1.82, 2.24) is 0 Å². The first-order valence-electron chi connectivity index (χ1n) is 7.11. The summed E-state index contributed by atoms with van der Waals surface area (Å²) in [5.74, 6) is 1.29. The van der Waals surface area contributed by atoms with E-state index in [0.717, 1.165) is 18.4 Å². The van der Waals surface area contributed by atoms with Gasteiger partial charge in [0.05, 0.1) is 25.7 Å². The summed E-state index contributed by atoms with van der Waals surface area (Å²) in [5.41, 5.74) is 6.75. The predicted molar refractivity (Wildman–Crippen MR) is 84.7 cm³/mol. The molecule has 0 aliphatic carbocycles. The normalized spacial score (nSPS) is 13.0. The molecule has 0 heterocycles. The second-order valence-electron chi connectivity index (χ2n) is 5.04. The van der Waals surface area contributed by atoms with Gasteiger partial charge in [0, 0.05) is 6.04 Å². The van der Waals surface area contributed by atoms with Crippen LogP contribution in [0.15, 0.2) is 18.2 Å². The van der Waals surface area contributed by atoms with Gasteiger partial charge in [-0.3, -0.25) is 0 Å². The molecule has 0 saturated heterocycles. The Bertz CT molecular complexity index is 543. The summed E-state index contributed by atoms with van der Waals surface area (Å²) < 4.78 is 34.4. The third-order valence-electron chi connectivity index (χ3n) is 3.33. The minimum Gasteiger partial charge on any atom is -0.493 e. The molecular weight excluding hydrogens is 290 g/mol. The number of methoxy groups -OCH3 is 2. The molecule has 0 fully saturated rings. The molecule has 1 aromatic rings. The summed E-state index contributed by atoms with van der Waals surface area (Å²) in [7, 11) is -0.0459. The first-order chi connectivity index (χ1) is 9.93. The Morgan fingerprint density at radius 3 is 2.38 bits per heavy atom. The molecule has 0 radical (unpaired) electrons.